The van der Waals surface area contributed by atoms with Gasteiger partial charge in [-0.15, -0.1) is 0 Å². The highest BCUT2D eigenvalue weighted by atomic mass is 32.5. The minimum absolute atomic E-state index is 0.227. The predicted molar refractivity (Wildman–Crippen MR) is 110 cm³/mol. The van der Waals surface area contributed by atoms with Crippen molar-refractivity contribution in [3.05, 3.63) is 62.0 Å². The van der Waals surface area contributed by atoms with E-state index in [9.17, 15) is 61.6 Å². The van der Waals surface area contributed by atoms with Crippen LogP contribution in [-0.4, -0.2) is 0 Å². The van der Waals surface area contributed by atoms with Gasteiger partial charge in [0, 0.05) is 10.4 Å². The van der Waals surface area contributed by atoms with Crippen LogP contribution in [-0.2, 0) is 12.4 Å². The summed E-state index contributed by atoms with van der Waals surface area (Å²) in [7, 11) is -11.3. The first-order valence-corrected chi connectivity index (χ1v) is 11.4. The van der Waals surface area contributed by atoms with Crippen molar-refractivity contribution in [1.82, 2.24) is 0 Å². The first-order chi connectivity index (χ1) is 18.0. The molecule has 2 aromatic carbocycles. The minimum atomic E-state index is -11.3. The summed E-state index contributed by atoms with van der Waals surface area (Å²) in [6.07, 6.45) is -11.6. The second-order valence-electron chi connectivity index (χ2n) is 7.38. The summed E-state index contributed by atoms with van der Waals surface area (Å²) in [4.78, 5) is -3.34. The standard InChI is InChI=1S/C22H3F11N6S/c23-21(24,25)17-2-10(3-18(15(17)8-38)22(26,27)28)14(7-37)13-1-11(4-34)19(12(5-35)6-36)16(9-39)20(13)40(29,30,31,32)33/h1-3H/b14-13-. The van der Waals surface area contributed by atoms with E-state index in [-0.39, 0.29) is 18.2 Å². The molecule has 0 heterocycles. The first-order valence-electron chi connectivity index (χ1n) is 9.43. The van der Waals surface area contributed by atoms with Gasteiger partial charge >= 0.3 is 22.6 Å². The van der Waals surface area contributed by atoms with Crippen molar-refractivity contribution < 1.29 is 45.8 Å². The van der Waals surface area contributed by atoms with E-state index in [2.05, 4.69) is 0 Å². The van der Waals surface area contributed by atoms with E-state index in [4.69, 9.17) is 15.8 Å². The molecule has 0 spiro atoms. The average Bonchev–Trinajstić information content (AvgIpc) is 2.81. The van der Waals surface area contributed by atoms with Gasteiger partial charge in [-0.05, 0) is 23.8 Å². The molecule has 0 saturated heterocycles. The first kappa shape index (κ1) is 30.9. The molecule has 0 bridgehead atoms. The Bertz CT molecular complexity index is 1810. The molecule has 0 fully saturated rings. The predicted octanol–water partition coefficient (Wildman–Crippen LogP) is 5.92. The van der Waals surface area contributed by atoms with Crippen LogP contribution in [0, 0.1) is 68.0 Å². The van der Waals surface area contributed by atoms with Crippen molar-refractivity contribution in [2.75, 3.05) is 0 Å². The van der Waals surface area contributed by atoms with E-state index >= 15 is 0 Å². The third kappa shape index (κ3) is 5.59. The zero-order valence-electron chi connectivity index (χ0n) is 18.5. The number of hydrogen-bond acceptors (Lipinski definition) is 6. The maximum Gasteiger partial charge on any atom is 0.417 e. The summed E-state index contributed by atoms with van der Waals surface area (Å²) in [5.41, 5.74) is -15.5. The Hall–Kier alpha value is -5.30. The zero-order chi connectivity index (χ0) is 31.1. The number of alkyl halides is 6. The number of hydrogen-bond donors (Lipinski definition) is 0. The van der Waals surface area contributed by atoms with Gasteiger partial charge in [0.1, 0.15) is 40.8 Å². The average molecular weight is 592 g/mol. The second-order valence-corrected chi connectivity index (χ2v) is 9.73. The lowest BCUT2D eigenvalue weighted by molar-refractivity contribution is -0.143. The quantitative estimate of drug-likeness (QED) is 0.397. The minimum Gasteiger partial charge on any atom is -0.192 e. The molecule has 0 N–H and O–H groups in total. The molecule has 18 heteroatoms. The normalized spacial score (nSPS) is 14.0. The van der Waals surface area contributed by atoms with Crippen molar-refractivity contribution in [1.29, 1.82) is 31.6 Å². The second kappa shape index (κ2) is 8.88. The highest BCUT2D eigenvalue weighted by molar-refractivity contribution is 8.45. The summed E-state index contributed by atoms with van der Waals surface area (Å²) in [5.74, 6) is 0. The van der Waals surface area contributed by atoms with Crippen LogP contribution in [0.25, 0.3) is 11.1 Å². The van der Waals surface area contributed by atoms with Gasteiger partial charge in [0.05, 0.1) is 39.5 Å². The Labute approximate surface area is 214 Å². The SMILES string of the molecule is N#CC(C#N)=c1c(C#N)c/c(=C(\C#N)c2cc(C(F)(F)F)c(C#N)c(C(F)(F)F)c2)c(S(F)(F)(F)(F)F)c1C#N. The third-order valence-corrected chi connectivity index (χ3v) is 6.10. The van der Waals surface area contributed by atoms with E-state index in [1.54, 1.807) is 0 Å². The highest BCUT2D eigenvalue weighted by Crippen LogP contribution is 3.01. The molecule has 0 aliphatic heterocycles. The monoisotopic (exact) mass is 592 g/mol. The molecule has 0 radical (unpaired) electrons. The summed E-state index contributed by atoms with van der Waals surface area (Å²) < 4.78 is 153. The van der Waals surface area contributed by atoms with Gasteiger partial charge in [-0.2, -0.15) is 57.9 Å². The molecule has 40 heavy (non-hydrogen) atoms. The molecule has 0 aliphatic carbocycles. The smallest absolute Gasteiger partial charge is 0.192 e. The molecule has 0 atom stereocenters. The van der Waals surface area contributed by atoms with Crippen LogP contribution < -0.4 is 10.4 Å². The van der Waals surface area contributed by atoms with Crippen LogP contribution in [0.5, 0.6) is 0 Å². The molecular weight excluding hydrogens is 589 g/mol. The summed E-state index contributed by atoms with van der Waals surface area (Å²) in [6.45, 7) is 0. The van der Waals surface area contributed by atoms with Crippen molar-refractivity contribution in [3.8, 4) is 36.4 Å². The van der Waals surface area contributed by atoms with E-state index in [0.717, 1.165) is 24.3 Å². The number of halogens is 11. The molecule has 0 unspecified atom stereocenters. The largest absolute Gasteiger partial charge is 0.417 e. The van der Waals surface area contributed by atoms with Crippen LogP contribution in [0.1, 0.15) is 33.4 Å². The Morgan fingerprint density at radius 3 is 1.38 bits per heavy atom. The third-order valence-electron chi connectivity index (χ3n) is 4.90. The van der Waals surface area contributed by atoms with Gasteiger partial charge in [0.15, 0.2) is 0 Å². The fraction of sp³-hybridized carbons (Fsp3) is 0.0909. The summed E-state index contributed by atoms with van der Waals surface area (Å²) in [6, 6.07) is 4.12. The van der Waals surface area contributed by atoms with Gasteiger partial charge in [0.25, 0.3) is 0 Å². The summed E-state index contributed by atoms with van der Waals surface area (Å²) in [5, 5.41) is 51.4. The van der Waals surface area contributed by atoms with Gasteiger partial charge in [-0.1, -0.05) is 19.4 Å². The van der Waals surface area contributed by atoms with Crippen LogP contribution in [0.3, 0.4) is 0 Å². The van der Waals surface area contributed by atoms with Crippen LogP contribution in [0.4, 0.5) is 45.8 Å². The van der Waals surface area contributed by atoms with Crippen molar-refractivity contribution >= 4 is 21.4 Å². The van der Waals surface area contributed by atoms with Gasteiger partial charge < -0.3 is 0 Å². The fourth-order valence-corrected chi connectivity index (χ4v) is 4.59. The topological polar surface area (TPSA) is 143 Å². The maximum absolute atomic E-state index is 14.3. The van der Waals surface area contributed by atoms with Crippen LogP contribution >= 0.6 is 10.2 Å². The highest BCUT2D eigenvalue weighted by Gasteiger charge is 2.67. The Morgan fingerprint density at radius 1 is 0.625 bits per heavy atom. The Balaban J connectivity index is 3.63. The Kier molecular flexibility index (Phi) is 6.86. The maximum atomic E-state index is 14.3. The fourth-order valence-electron chi connectivity index (χ4n) is 3.48. The lowest BCUT2D eigenvalue weighted by Gasteiger charge is -2.41. The van der Waals surface area contributed by atoms with E-state index < -0.39 is 82.4 Å². The lowest BCUT2D eigenvalue weighted by atomic mass is 9.92. The van der Waals surface area contributed by atoms with Crippen molar-refractivity contribution in [3.63, 3.8) is 0 Å². The molecule has 204 valence electrons. The van der Waals surface area contributed by atoms with Gasteiger partial charge in [-0.25, -0.2) is 0 Å². The molecule has 0 aromatic heterocycles. The van der Waals surface area contributed by atoms with Gasteiger partial charge in [-0.3, -0.25) is 0 Å². The number of nitrogens with zero attached hydrogens (tertiary/aromatic N) is 6. The molecular formula is C22H3F11N6S. The van der Waals surface area contributed by atoms with Crippen molar-refractivity contribution in [2.45, 2.75) is 17.2 Å². The summed E-state index contributed by atoms with van der Waals surface area (Å²) >= 11 is 0. The van der Waals surface area contributed by atoms with Crippen LogP contribution in [0.2, 0.25) is 0 Å². The zero-order valence-corrected chi connectivity index (χ0v) is 19.3. The van der Waals surface area contributed by atoms with Gasteiger partial charge in [0.2, 0.25) is 0 Å². The number of benzene rings is 2. The number of nitriles is 6. The van der Waals surface area contributed by atoms with Crippen LogP contribution in [0.15, 0.2) is 23.1 Å². The molecule has 0 saturated carbocycles. The van der Waals surface area contributed by atoms with E-state index in [0.29, 0.717) is 12.1 Å². The van der Waals surface area contributed by atoms with Crippen molar-refractivity contribution in [2.24, 2.45) is 0 Å². The van der Waals surface area contributed by atoms with E-state index in [1.165, 1.54) is 0 Å². The van der Waals surface area contributed by atoms with E-state index in [1.807, 2.05) is 0 Å². The lowest BCUT2D eigenvalue weighted by Crippen LogP contribution is -2.31. The molecule has 0 amide bonds. The number of rotatable bonds is 2. The molecule has 6 nitrogen and oxygen atoms in total. The molecule has 2 aromatic rings. The molecule has 2 rings (SSSR count). The Morgan fingerprint density at radius 2 is 1.07 bits per heavy atom. The molecule has 0 aliphatic rings.